The Morgan fingerprint density at radius 2 is 1.74 bits per heavy atom. The second-order valence-electron chi connectivity index (χ2n) is 4.34. The molecule has 6 heteroatoms. The third kappa shape index (κ3) is 3.04. The standard InChI is InChI=1S/C13H15N5O/c1-7-5-11(14)10(6-15-7)12(19)18-13-16-8(2)4-9(3)17-13/h4-6H,1-3H3,(H2,14,15)(H,16,17,18,19). The van der Waals surface area contributed by atoms with Gasteiger partial charge < -0.3 is 5.73 Å². The normalized spacial score (nSPS) is 10.3. The number of nitrogen functional groups attached to an aromatic ring is 1. The maximum Gasteiger partial charge on any atom is 0.261 e. The zero-order valence-electron chi connectivity index (χ0n) is 11.1. The summed E-state index contributed by atoms with van der Waals surface area (Å²) in [5, 5.41) is 2.62. The van der Waals surface area contributed by atoms with Gasteiger partial charge in [-0.15, -0.1) is 0 Å². The highest BCUT2D eigenvalue weighted by Gasteiger charge is 2.12. The molecule has 0 aliphatic rings. The number of nitrogens with one attached hydrogen (secondary N) is 1. The molecule has 0 unspecified atom stereocenters. The van der Waals surface area contributed by atoms with Gasteiger partial charge in [0.2, 0.25) is 5.95 Å². The van der Waals surface area contributed by atoms with E-state index < -0.39 is 0 Å². The molecule has 6 nitrogen and oxygen atoms in total. The molecule has 3 N–H and O–H groups in total. The van der Waals surface area contributed by atoms with Gasteiger partial charge in [-0.1, -0.05) is 0 Å². The number of aromatic nitrogens is 3. The van der Waals surface area contributed by atoms with E-state index in [1.807, 2.05) is 26.8 Å². The minimum Gasteiger partial charge on any atom is -0.398 e. The molecular formula is C13H15N5O. The smallest absolute Gasteiger partial charge is 0.261 e. The maximum absolute atomic E-state index is 12.1. The van der Waals surface area contributed by atoms with E-state index in [0.717, 1.165) is 17.1 Å². The first-order chi connectivity index (χ1) is 8.95. The number of hydrogen-bond donors (Lipinski definition) is 2. The van der Waals surface area contributed by atoms with Gasteiger partial charge in [0.1, 0.15) is 0 Å². The van der Waals surface area contributed by atoms with Crippen LogP contribution >= 0.6 is 0 Å². The molecule has 0 aliphatic carbocycles. The molecule has 19 heavy (non-hydrogen) atoms. The third-order valence-corrected chi connectivity index (χ3v) is 2.52. The van der Waals surface area contributed by atoms with Crippen molar-refractivity contribution in [3.8, 4) is 0 Å². The molecule has 0 bridgehead atoms. The van der Waals surface area contributed by atoms with Crippen molar-refractivity contribution >= 4 is 17.5 Å². The monoisotopic (exact) mass is 257 g/mol. The Bertz CT molecular complexity index is 619. The van der Waals surface area contributed by atoms with Crippen LogP contribution in [0.5, 0.6) is 0 Å². The van der Waals surface area contributed by atoms with Crippen molar-refractivity contribution in [1.82, 2.24) is 15.0 Å². The fourth-order valence-corrected chi connectivity index (χ4v) is 1.72. The van der Waals surface area contributed by atoms with Crippen LogP contribution in [0.1, 0.15) is 27.4 Å². The van der Waals surface area contributed by atoms with Gasteiger partial charge in [0.25, 0.3) is 5.91 Å². The van der Waals surface area contributed by atoms with Crippen LogP contribution in [0.25, 0.3) is 0 Å². The molecule has 98 valence electrons. The average Bonchev–Trinajstić information content (AvgIpc) is 2.26. The van der Waals surface area contributed by atoms with Crippen molar-refractivity contribution in [2.75, 3.05) is 11.1 Å². The SMILES string of the molecule is Cc1cc(N)c(C(=O)Nc2nc(C)cc(C)n2)cn1. The number of carbonyl (C=O) groups excluding carboxylic acids is 1. The maximum atomic E-state index is 12.1. The summed E-state index contributed by atoms with van der Waals surface area (Å²) in [6, 6.07) is 3.48. The van der Waals surface area contributed by atoms with Gasteiger partial charge in [-0.25, -0.2) is 9.97 Å². The Morgan fingerprint density at radius 1 is 1.11 bits per heavy atom. The molecule has 0 radical (unpaired) electrons. The van der Waals surface area contributed by atoms with Crippen LogP contribution in [0.15, 0.2) is 18.3 Å². The zero-order chi connectivity index (χ0) is 14.0. The molecule has 0 fully saturated rings. The van der Waals surface area contributed by atoms with E-state index in [9.17, 15) is 4.79 Å². The topological polar surface area (TPSA) is 93.8 Å². The van der Waals surface area contributed by atoms with E-state index in [-0.39, 0.29) is 11.9 Å². The Morgan fingerprint density at radius 3 is 2.32 bits per heavy atom. The Labute approximate surface area is 111 Å². The lowest BCUT2D eigenvalue weighted by atomic mass is 10.2. The molecule has 2 aromatic heterocycles. The summed E-state index contributed by atoms with van der Waals surface area (Å²) >= 11 is 0. The van der Waals surface area contributed by atoms with Gasteiger partial charge >= 0.3 is 0 Å². The number of carbonyl (C=O) groups is 1. The van der Waals surface area contributed by atoms with E-state index in [0.29, 0.717) is 11.3 Å². The van der Waals surface area contributed by atoms with Crippen LogP contribution in [0.3, 0.4) is 0 Å². The summed E-state index contributed by atoms with van der Waals surface area (Å²) < 4.78 is 0. The summed E-state index contributed by atoms with van der Waals surface area (Å²) in [7, 11) is 0. The summed E-state index contributed by atoms with van der Waals surface area (Å²) in [5.41, 5.74) is 8.83. The lowest BCUT2D eigenvalue weighted by Crippen LogP contribution is -2.17. The largest absolute Gasteiger partial charge is 0.398 e. The summed E-state index contributed by atoms with van der Waals surface area (Å²) in [6.45, 7) is 5.49. The summed E-state index contributed by atoms with van der Waals surface area (Å²) in [5.74, 6) is -0.0996. The van der Waals surface area contributed by atoms with Gasteiger partial charge in [0.15, 0.2) is 0 Å². The molecule has 0 saturated carbocycles. The highest BCUT2D eigenvalue weighted by atomic mass is 16.1. The number of amides is 1. The number of nitrogens with zero attached hydrogens (tertiary/aromatic N) is 3. The van der Waals surface area contributed by atoms with Crippen molar-refractivity contribution in [1.29, 1.82) is 0 Å². The van der Waals surface area contributed by atoms with Gasteiger partial charge in [-0.3, -0.25) is 15.1 Å². The number of hydrogen-bond acceptors (Lipinski definition) is 5. The lowest BCUT2D eigenvalue weighted by Gasteiger charge is -2.07. The second-order valence-corrected chi connectivity index (χ2v) is 4.34. The van der Waals surface area contributed by atoms with E-state index >= 15 is 0 Å². The van der Waals surface area contributed by atoms with Crippen LogP contribution in [0, 0.1) is 20.8 Å². The van der Waals surface area contributed by atoms with Gasteiger partial charge in [-0.05, 0) is 32.9 Å². The van der Waals surface area contributed by atoms with Crippen LogP contribution in [-0.2, 0) is 0 Å². The molecule has 0 aliphatic heterocycles. The average molecular weight is 257 g/mol. The molecular weight excluding hydrogens is 242 g/mol. The molecule has 0 saturated heterocycles. The fraction of sp³-hybridized carbons (Fsp3) is 0.231. The third-order valence-electron chi connectivity index (χ3n) is 2.52. The fourth-order valence-electron chi connectivity index (χ4n) is 1.72. The van der Waals surface area contributed by atoms with Gasteiger partial charge in [0, 0.05) is 29.0 Å². The van der Waals surface area contributed by atoms with Crippen molar-refractivity contribution in [2.24, 2.45) is 0 Å². The van der Waals surface area contributed by atoms with Crippen molar-refractivity contribution in [3.63, 3.8) is 0 Å². The zero-order valence-corrected chi connectivity index (χ0v) is 11.1. The van der Waals surface area contributed by atoms with Crippen LogP contribution in [0.2, 0.25) is 0 Å². The first-order valence-corrected chi connectivity index (χ1v) is 5.81. The van der Waals surface area contributed by atoms with Gasteiger partial charge in [0.05, 0.1) is 5.56 Å². The quantitative estimate of drug-likeness (QED) is 0.852. The number of anilines is 2. The Balaban J connectivity index is 2.25. The first-order valence-electron chi connectivity index (χ1n) is 5.81. The van der Waals surface area contributed by atoms with Crippen LogP contribution in [0.4, 0.5) is 11.6 Å². The summed E-state index contributed by atoms with van der Waals surface area (Å²) in [6.07, 6.45) is 1.45. The molecule has 0 aromatic carbocycles. The molecule has 2 heterocycles. The number of aryl methyl sites for hydroxylation is 3. The highest BCUT2D eigenvalue weighted by Crippen LogP contribution is 2.13. The van der Waals surface area contributed by atoms with Crippen molar-refractivity contribution < 1.29 is 4.79 Å². The van der Waals surface area contributed by atoms with E-state index in [2.05, 4.69) is 20.3 Å². The van der Waals surface area contributed by atoms with E-state index in [1.165, 1.54) is 6.20 Å². The molecule has 2 aromatic rings. The van der Waals surface area contributed by atoms with Gasteiger partial charge in [-0.2, -0.15) is 0 Å². The first kappa shape index (κ1) is 12.9. The summed E-state index contributed by atoms with van der Waals surface area (Å²) in [4.78, 5) is 24.4. The molecule has 0 atom stereocenters. The highest BCUT2D eigenvalue weighted by molar-refractivity contribution is 6.06. The van der Waals surface area contributed by atoms with E-state index in [4.69, 9.17) is 5.73 Å². The number of pyridine rings is 1. The molecule has 2 rings (SSSR count). The predicted octanol–water partition coefficient (Wildman–Crippen LogP) is 1.63. The van der Waals surface area contributed by atoms with Crippen molar-refractivity contribution in [2.45, 2.75) is 20.8 Å². The van der Waals surface area contributed by atoms with Crippen molar-refractivity contribution in [3.05, 3.63) is 41.0 Å². The predicted molar refractivity (Wildman–Crippen MR) is 72.8 cm³/mol. The Kier molecular flexibility index (Phi) is 3.41. The number of rotatable bonds is 2. The number of nitrogens with two attached hydrogens (primary N) is 1. The molecule has 1 amide bonds. The minimum atomic E-state index is -0.366. The molecule has 0 spiro atoms. The Hall–Kier alpha value is -2.50. The van der Waals surface area contributed by atoms with E-state index in [1.54, 1.807) is 6.07 Å². The van der Waals surface area contributed by atoms with Crippen LogP contribution in [-0.4, -0.2) is 20.9 Å². The lowest BCUT2D eigenvalue weighted by molar-refractivity contribution is 0.102. The van der Waals surface area contributed by atoms with Crippen LogP contribution < -0.4 is 11.1 Å². The minimum absolute atomic E-state index is 0.266. The second kappa shape index (κ2) is 5.01.